The lowest BCUT2D eigenvalue weighted by Gasteiger charge is -2.31. The summed E-state index contributed by atoms with van der Waals surface area (Å²) in [6.07, 6.45) is 0. The van der Waals surface area contributed by atoms with Crippen molar-refractivity contribution in [3.05, 3.63) is 22.2 Å². The van der Waals surface area contributed by atoms with Crippen LogP contribution in [0.3, 0.4) is 0 Å². The molecule has 0 radical (unpaired) electrons. The van der Waals surface area contributed by atoms with E-state index in [-0.39, 0.29) is 18.6 Å². The van der Waals surface area contributed by atoms with Crippen LogP contribution in [0.1, 0.15) is 20.8 Å². The van der Waals surface area contributed by atoms with E-state index in [1.54, 1.807) is 6.92 Å². The maximum atomic E-state index is 12.3. The number of aliphatic hydroxyl groups is 1. The standard InChI is InChI=1S/C14H21Cl2N3O2/c1-8(2)19(4-5-20)9(3)14(21)18-13-11(15)6-10(17)7-12(13)16/h6-9,20H,4-5,17H2,1-3H3,(H,18,21). The Bertz CT molecular complexity index is 486. The Kier molecular flexibility index (Phi) is 6.74. The number of hydrogen-bond acceptors (Lipinski definition) is 4. The number of carbonyl (C=O) groups is 1. The minimum Gasteiger partial charge on any atom is -0.399 e. The topological polar surface area (TPSA) is 78.6 Å². The molecule has 0 aliphatic heterocycles. The Morgan fingerprint density at radius 1 is 1.33 bits per heavy atom. The van der Waals surface area contributed by atoms with Crippen LogP contribution in [0.25, 0.3) is 0 Å². The summed E-state index contributed by atoms with van der Waals surface area (Å²) in [5.41, 5.74) is 6.40. The van der Waals surface area contributed by atoms with Crippen LogP contribution >= 0.6 is 23.2 Å². The Morgan fingerprint density at radius 2 is 1.86 bits per heavy atom. The van der Waals surface area contributed by atoms with Crippen LogP contribution in [0.5, 0.6) is 0 Å². The smallest absolute Gasteiger partial charge is 0.241 e. The van der Waals surface area contributed by atoms with Gasteiger partial charge in [-0.05, 0) is 32.9 Å². The minimum atomic E-state index is -0.429. The second-order valence-electron chi connectivity index (χ2n) is 5.08. The molecule has 0 aliphatic rings. The Hall–Kier alpha value is -1.01. The molecule has 1 unspecified atom stereocenters. The molecule has 0 spiro atoms. The third-order valence-corrected chi connectivity index (χ3v) is 3.81. The van der Waals surface area contributed by atoms with Crippen LogP contribution in [0, 0.1) is 0 Å². The molecule has 0 saturated heterocycles. The summed E-state index contributed by atoms with van der Waals surface area (Å²) in [5, 5.41) is 12.4. The summed E-state index contributed by atoms with van der Waals surface area (Å²) in [6, 6.07) is 2.75. The SMILES string of the molecule is CC(C)N(CCO)C(C)C(=O)Nc1c(Cl)cc(N)cc1Cl. The predicted octanol–water partition coefficient (Wildman–Crippen LogP) is 2.61. The Labute approximate surface area is 135 Å². The molecule has 21 heavy (non-hydrogen) atoms. The van der Waals surface area contributed by atoms with Crippen LogP contribution < -0.4 is 11.1 Å². The first-order valence-electron chi connectivity index (χ1n) is 6.70. The molecular weight excluding hydrogens is 313 g/mol. The van der Waals surface area contributed by atoms with E-state index in [1.807, 2.05) is 18.7 Å². The van der Waals surface area contributed by atoms with Crippen molar-refractivity contribution in [3.8, 4) is 0 Å². The van der Waals surface area contributed by atoms with Gasteiger partial charge in [-0.2, -0.15) is 0 Å². The maximum absolute atomic E-state index is 12.3. The lowest BCUT2D eigenvalue weighted by Crippen LogP contribution is -2.47. The minimum absolute atomic E-state index is 0.0147. The Morgan fingerprint density at radius 3 is 2.29 bits per heavy atom. The van der Waals surface area contributed by atoms with Gasteiger partial charge in [0, 0.05) is 18.3 Å². The van der Waals surface area contributed by atoms with E-state index in [9.17, 15) is 4.79 Å². The van der Waals surface area contributed by atoms with Gasteiger partial charge in [-0.15, -0.1) is 0 Å². The molecule has 118 valence electrons. The van der Waals surface area contributed by atoms with Crippen molar-refractivity contribution in [3.63, 3.8) is 0 Å². The molecule has 1 aromatic carbocycles. The molecule has 1 amide bonds. The van der Waals surface area contributed by atoms with Gasteiger partial charge in [0.2, 0.25) is 5.91 Å². The normalized spacial score (nSPS) is 12.8. The number of nitrogens with zero attached hydrogens (tertiary/aromatic N) is 1. The molecule has 0 aromatic heterocycles. The van der Waals surface area contributed by atoms with Crippen molar-refractivity contribution in [1.29, 1.82) is 0 Å². The summed E-state index contributed by atoms with van der Waals surface area (Å²) in [6.45, 7) is 6.09. The number of benzene rings is 1. The number of hydrogen-bond donors (Lipinski definition) is 3. The quantitative estimate of drug-likeness (QED) is 0.699. The van der Waals surface area contributed by atoms with Crippen LogP contribution in [0.4, 0.5) is 11.4 Å². The van der Waals surface area contributed by atoms with Gasteiger partial charge < -0.3 is 16.2 Å². The molecular formula is C14H21Cl2N3O2. The number of amides is 1. The van der Waals surface area contributed by atoms with Gasteiger partial charge in [-0.3, -0.25) is 9.69 Å². The molecule has 0 heterocycles. The van der Waals surface area contributed by atoms with Gasteiger partial charge in [0.15, 0.2) is 0 Å². The lowest BCUT2D eigenvalue weighted by molar-refractivity contribution is -0.121. The zero-order valence-electron chi connectivity index (χ0n) is 12.4. The van der Waals surface area contributed by atoms with Gasteiger partial charge in [0.25, 0.3) is 0 Å². The fourth-order valence-electron chi connectivity index (χ4n) is 2.10. The first kappa shape index (κ1) is 18.0. The van der Waals surface area contributed by atoms with Crippen LogP contribution in [0.2, 0.25) is 10.0 Å². The number of rotatable bonds is 6. The van der Waals surface area contributed by atoms with E-state index in [4.69, 9.17) is 34.0 Å². The van der Waals surface area contributed by atoms with Crippen molar-refractivity contribution in [1.82, 2.24) is 4.90 Å². The second kappa shape index (κ2) is 7.84. The number of anilines is 2. The van der Waals surface area contributed by atoms with Crippen molar-refractivity contribution >= 4 is 40.5 Å². The molecule has 1 rings (SSSR count). The highest BCUT2D eigenvalue weighted by Gasteiger charge is 2.24. The summed E-state index contributed by atoms with van der Waals surface area (Å²) in [4.78, 5) is 14.2. The van der Waals surface area contributed by atoms with Gasteiger partial charge in [0.05, 0.1) is 28.4 Å². The van der Waals surface area contributed by atoms with Crippen LogP contribution in [-0.4, -0.2) is 41.1 Å². The molecule has 0 bridgehead atoms. The molecule has 4 N–H and O–H groups in total. The third kappa shape index (κ3) is 4.74. The highest BCUT2D eigenvalue weighted by Crippen LogP contribution is 2.33. The van der Waals surface area contributed by atoms with Gasteiger partial charge in [0.1, 0.15) is 0 Å². The number of carbonyl (C=O) groups excluding carboxylic acids is 1. The number of nitrogen functional groups attached to an aromatic ring is 1. The predicted molar refractivity (Wildman–Crippen MR) is 87.9 cm³/mol. The van der Waals surface area contributed by atoms with Crippen molar-refractivity contribution in [2.24, 2.45) is 0 Å². The van der Waals surface area contributed by atoms with Crippen molar-refractivity contribution < 1.29 is 9.90 Å². The average molecular weight is 334 g/mol. The molecule has 7 heteroatoms. The zero-order chi connectivity index (χ0) is 16.2. The fraction of sp³-hybridized carbons (Fsp3) is 0.500. The molecule has 0 saturated carbocycles. The van der Waals surface area contributed by atoms with E-state index in [1.165, 1.54) is 12.1 Å². The van der Waals surface area contributed by atoms with Crippen LogP contribution in [-0.2, 0) is 4.79 Å². The van der Waals surface area contributed by atoms with Gasteiger partial charge >= 0.3 is 0 Å². The second-order valence-corrected chi connectivity index (χ2v) is 5.89. The van der Waals surface area contributed by atoms with E-state index >= 15 is 0 Å². The molecule has 5 nitrogen and oxygen atoms in total. The lowest BCUT2D eigenvalue weighted by atomic mass is 10.2. The van der Waals surface area contributed by atoms with E-state index in [0.29, 0.717) is 28.0 Å². The molecule has 0 fully saturated rings. The number of aliphatic hydroxyl groups excluding tert-OH is 1. The summed E-state index contributed by atoms with van der Waals surface area (Å²) < 4.78 is 0. The van der Waals surface area contributed by atoms with E-state index < -0.39 is 6.04 Å². The molecule has 1 atom stereocenters. The molecule has 0 aliphatic carbocycles. The highest BCUT2D eigenvalue weighted by atomic mass is 35.5. The summed E-state index contributed by atoms with van der Waals surface area (Å²) >= 11 is 12.1. The third-order valence-electron chi connectivity index (χ3n) is 3.21. The zero-order valence-corrected chi connectivity index (χ0v) is 13.9. The largest absolute Gasteiger partial charge is 0.399 e. The first-order valence-corrected chi connectivity index (χ1v) is 7.45. The highest BCUT2D eigenvalue weighted by molar-refractivity contribution is 6.40. The summed E-state index contributed by atoms with van der Waals surface area (Å²) in [7, 11) is 0. The van der Waals surface area contributed by atoms with E-state index in [2.05, 4.69) is 5.32 Å². The number of nitrogens with two attached hydrogens (primary N) is 1. The average Bonchev–Trinajstić information content (AvgIpc) is 2.38. The maximum Gasteiger partial charge on any atom is 0.241 e. The van der Waals surface area contributed by atoms with Gasteiger partial charge in [-0.1, -0.05) is 23.2 Å². The first-order chi connectivity index (χ1) is 9.77. The number of nitrogens with one attached hydrogen (secondary N) is 1. The fourth-order valence-corrected chi connectivity index (χ4v) is 2.70. The monoisotopic (exact) mass is 333 g/mol. The van der Waals surface area contributed by atoms with Crippen molar-refractivity contribution in [2.75, 3.05) is 24.2 Å². The van der Waals surface area contributed by atoms with E-state index in [0.717, 1.165) is 0 Å². The van der Waals surface area contributed by atoms with Crippen LogP contribution in [0.15, 0.2) is 12.1 Å². The van der Waals surface area contributed by atoms with Gasteiger partial charge in [-0.25, -0.2) is 0 Å². The number of halogens is 2. The van der Waals surface area contributed by atoms with Crippen molar-refractivity contribution in [2.45, 2.75) is 32.9 Å². The molecule has 1 aromatic rings. The summed E-state index contributed by atoms with van der Waals surface area (Å²) in [5.74, 6) is -0.245. The Balaban J connectivity index is 2.90.